The summed E-state index contributed by atoms with van der Waals surface area (Å²) in [5, 5.41) is 3.62. The molecule has 0 saturated carbocycles. The molecule has 1 N–H and O–H groups in total. The average molecular weight is 288 g/mol. The predicted molar refractivity (Wildman–Crippen MR) is 84.1 cm³/mol. The zero-order valence-corrected chi connectivity index (χ0v) is 12.7. The lowest BCUT2D eigenvalue weighted by atomic mass is 10.0. The molecule has 0 bridgehead atoms. The van der Waals surface area contributed by atoms with Gasteiger partial charge in [0.25, 0.3) is 0 Å². The van der Waals surface area contributed by atoms with Gasteiger partial charge in [-0.15, -0.1) is 11.3 Å². The zero-order chi connectivity index (χ0) is 14.4. The number of nitrogens with zero attached hydrogens (tertiary/aromatic N) is 1. The molecule has 0 aliphatic rings. The molecule has 1 heterocycles. The Kier molecular flexibility index (Phi) is 5.30. The van der Waals surface area contributed by atoms with Gasteiger partial charge in [0.1, 0.15) is 0 Å². The van der Waals surface area contributed by atoms with Crippen molar-refractivity contribution in [1.82, 2.24) is 4.98 Å². The Morgan fingerprint density at radius 3 is 2.60 bits per heavy atom. The first-order valence-corrected chi connectivity index (χ1v) is 7.84. The largest absolute Gasteiger partial charge is 0.302 e. The van der Waals surface area contributed by atoms with Crippen LogP contribution in [-0.2, 0) is 11.2 Å². The van der Waals surface area contributed by atoms with Crippen LogP contribution in [0.15, 0.2) is 36.5 Å². The van der Waals surface area contributed by atoms with Crippen molar-refractivity contribution >= 4 is 22.4 Å². The first kappa shape index (κ1) is 14.7. The second-order valence-electron chi connectivity index (χ2n) is 4.80. The minimum absolute atomic E-state index is 0.0793. The van der Waals surface area contributed by atoms with E-state index in [2.05, 4.69) is 22.4 Å². The number of carbonyl (C=O) groups excluding carboxylic acids is 1. The molecule has 0 saturated heterocycles. The normalized spacial score (nSPS) is 10.8. The van der Waals surface area contributed by atoms with E-state index in [1.165, 1.54) is 5.56 Å². The van der Waals surface area contributed by atoms with E-state index >= 15 is 0 Å². The molecule has 4 heteroatoms. The summed E-state index contributed by atoms with van der Waals surface area (Å²) in [6.07, 6.45) is 4.44. The smallest absolute Gasteiger partial charge is 0.229 e. The summed E-state index contributed by atoms with van der Waals surface area (Å²) in [5.74, 6) is 0.159. The number of hydrogen-bond acceptors (Lipinski definition) is 3. The standard InChI is InChI=1S/C16H20N2OS/c1-3-13(4-2)15(19)18-16-17-11-14(20-16)10-12-8-6-5-7-9-12/h5-9,11,13H,3-4,10H2,1-2H3,(H,17,18,19). The Bertz CT molecular complexity index is 547. The van der Waals surface area contributed by atoms with E-state index in [9.17, 15) is 4.79 Å². The first-order valence-electron chi connectivity index (χ1n) is 7.02. The number of thiazole rings is 1. The van der Waals surface area contributed by atoms with Crippen LogP contribution < -0.4 is 5.32 Å². The highest BCUT2D eigenvalue weighted by Crippen LogP contribution is 2.22. The van der Waals surface area contributed by atoms with Crippen molar-refractivity contribution in [3.8, 4) is 0 Å². The maximum Gasteiger partial charge on any atom is 0.229 e. The van der Waals surface area contributed by atoms with Gasteiger partial charge in [0.15, 0.2) is 5.13 Å². The van der Waals surface area contributed by atoms with Crippen LogP contribution in [0.25, 0.3) is 0 Å². The highest BCUT2D eigenvalue weighted by Gasteiger charge is 2.15. The Balaban J connectivity index is 1.97. The van der Waals surface area contributed by atoms with Gasteiger partial charge in [-0.2, -0.15) is 0 Å². The summed E-state index contributed by atoms with van der Waals surface area (Å²) in [6, 6.07) is 10.3. The zero-order valence-electron chi connectivity index (χ0n) is 11.9. The van der Waals surface area contributed by atoms with Crippen molar-refractivity contribution in [2.45, 2.75) is 33.1 Å². The van der Waals surface area contributed by atoms with Crippen molar-refractivity contribution in [3.05, 3.63) is 47.0 Å². The predicted octanol–water partition coefficient (Wildman–Crippen LogP) is 4.11. The van der Waals surface area contributed by atoms with Crippen molar-refractivity contribution in [2.24, 2.45) is 5.92 Å². The van der Waals surface area contributed by atoms with Crippen LogP contribution in [0.3, 0.4) is 0 Å². The molecular weight excluding hydrogens is 268 g/mol. The second-order valence-corrected chi connectivity index (χ2v) is 5.91. The Morgan fingerprint density at radius 2 is 1.95 bits per heavy atom. The van der Waals surface area contributed by atoms with E-state index in [4.69, 9.17) is 0 Å². The molecule has 0 aliphatic heterocycles. The summed E-state index contributed by atoms with van der Waals surface area (Å²) in [4.78, 5) is 17.5. The molecule has 1 amide bonds. The van der Waals surface area contributed by atoms with Crippen molar-refractivity contribution in [2.75, 3.05) is 5.32 Å². The van der Waals surface area contributed by atoms with E-state index in [0.717, 1.165) is 24.1 Å². The van der Waals surface area contributed by atoms with Crippen LogP contribution in [0.1, 0.15) is 37.1 Å². The van der Waals surface area contributed by atoms with Crippen LogP contribution in [0.2, 0.25) is 0 Å². The molecule has 2 rings (SSSR count). The van der Waals surface area contributed by atoms with Gasteiger partial charge >= 0.3 is 0 Å². The molecule has 20 heavy (non-hydrogen) atoms. The minimum atomic E-state index is 0.0793. The van der Waals surface area contributed by atoms with Crippen LogP contribution in [0.5, 0.6) is 0 Å². The van der Waals surface area contributed by atoms with Gasteiger partial charge in [-0.3, -0.25) is 4.79 Å². The highest BCUT2D eigenvalue weighted by atomic mass is 32.1. The van der Waals surface area contributed by atoms with Gasteiger partial charge in [0.2, 0.25) is 5.91 Å². The van der Waals surface area contributed by atoms with Crippen LogP contribution >= 0.6 is 11.3 Å². The lowest BCUT2D eigenvalue weighted by molar-refractivity contribution is -0.120. The van der Waals surface area contributed by atoms with Crippen LogP contribution in [0.4, 0.5) is 5.13 Å². The number of benzene rings is 1. The maximum absolute atomic E-state index is 12.0. The fraction of sp³-hybridized carbons (Fsp3) is 0.375. The SMILES string of the molecule is CCC(CC)C(=O)Nc1ncc(Cc2ccccc2)s1. The quantitative estimate of drug-likeness (QED) is 0.869. The topological polar surface area (TPSA) is 42.0 Å². The van der Waals surface area contributed by atoms with Gasteiger partial charge < -0.3 is 5.32 Å². The number of aromatic nitrogens is 1. The Morgan fingerprint density at radius 1 is 1.25 bits per heavy atom. The lowest BCUT2D eigenvalue weighted by Gasteiger charge is -2.10. The van der Waals surface area contributed by atoms with E-state index < -0.39 is 0 Å². The molecule has 0 atom stereocenters. The van der Waals surface area contributed by atoms with Crippen molar-refractivity contribution in [3.63, 3.8) is 0 Å². The van der Waals surface area contributed by atoms with E-state index in [1.807, 2.05) is 38.2 Å². The van der Waals surface area contributed by atoms with E-state index in [0.29, 0.717) is 5.13 Å². The summed E-state index contributed by atoms with van der Waals surface area (Å²) in [5.41, 5.74) is 1.26. The van der Waals surface area contributed by atoms with Crippen molar-refractivity contribution in [1.29, 1.82) is 0 Å². The molecular formula is C16H20N2OS. The third-order valence-corrected chi connectivity index (χ3v) is 4.27. The monoisotopic (exact) mass is 288 g/mol. The third kappa shape index (κ3) is 3.90. The summed E-state index contributed by atoms with van der Waals surface area (Å²) in [7, 11) is 0. The third-order valence-electron chi connectivity index (χ3n) is 3.36. The summed E-state index contributed by atoms with van der Waals surface area (Å²) < 4.78 is 0. The van der Waals surface area contributed by atoms with Crippen molar-refractivity contribution < 1.29 is 4.79 Å². The first-order chi connectivity index (χ1) is 9.72. The fourth-order valence-corrected chi connectivity index (χ4v) is 2.96. The molecule has 1 aromatic heterocycles. The average Bonchev–Trinajstić information content (AvgIpc) is 2.88. The van der Waals surface area contributed by atoms with Crippen LogP contribution in [-0.4, -0.2) is 10.9 Å². The minimum Gasteiger partial charge on any atom is -0.302 e. The number of rotatable bonds is 6. The lowest BCUT2D eigenvalue weighted by Crippen LogP contribution is -2.21. The van der Waals surface area contributed by atoms with Gasteiger partial charge in [-0.05, 0) is 18.4 Å². The maximum atomic E-state index is 12.0. The van der Waals surface area contributed by atoms with E-state index in [-0.39, 0.29) is 11.8 Å². The number of anilines is 1. The van der Waals surface area contributed by atoms with Gasteiger partial charge in [0.05, 0.1) is 0 Å². The Labute approximate surface area is 124 Å². The second kappa shape index (κ2) is 7.20. The highest BCUT2D eigenvalue weighted by molar-refractivity contribution is 7.15. The van der Waals surface area contributed by atoms with Gasteiger partial charge in [0, 0.05) is 23.4 Å². The molecule has 2 aromatic rings. The molecule has 3 nitrogen and oxygen atoms in total. The summed E-state index contributed by atoms with van der Waals surface area (Å²) >= 11 is 1.55. The number of nitrogens with one attached hydrogen (secondary N) is 1. The number of carbonyl (C=O) groups is 1. The number of amides is 1. The van der Waals surface area contributed by atoms with Crippen LogP contribution in [0, 0.1) is 5.92 Å². The molecule has 0 fully saturated rings. The molecule has 0 unspecified atom stereocenters. The van der Waals surface area contributed by atoms with E-state index in [1.54, 1.807) is 11.3 Å². The molecule has 1 aromatic carbocycles. The molecule has 106 valence electrons. The Hall–Kier alpha value is -1.68. The van der Waals surface area contributed by atoms with Gasteiger partial charge in [-0.1, -0.05) is 44.2 Å². The molecule has 0 spiro atoms. The van der Waals surface area contributed by atoms with Gasteiger partial charge in [-0.25, -0.2) is 4.98 Å². The molecule has 0 aliphatic carbocycles. The molecule has 0 radical (unpaired) electrons. The number of hydrogen-bond donors (Lipinski definition) is 1. The fourth-order valence-electron chi connectivity index (χ4n) is 2.11. The summed E-state index contributed by atoms with van der Waals surface area (Å²) in [6.45, 7) is 4.08.